The average molecular weight is 143 g/mol. The highest BCUT2D eigenvalue weighted by molar-refractivity contribution is 4.95. The fourth-order valence-corrected chi connectivity index (χ4v) is 1.81. The van der Waals surface area contributed by atoms with Gasteiger partial charge in [0.25, 0.3) is 0 Å². The van der Waals surface area contributed by atoms with E-state index in [1.807, 2.05) is 6.92 Å². The minimum atomic E-state index is -0.478. The maximum atomic E-state index is 9.76. The normalized spacial score (nSPS) is 41.1. The molecule has 0 unspecified atom stereocenters. The highest BCUT2D eigenvalue weighted by atomic mass is 16.3. The standard InChI is InChI=1S/C8H17NO/c1-6(2)7-8(3,10)4-5-9-7/h6-7,9-10H,4-5H2,1-3H3/t7-,8-/m0/s1. The molecule has 1 fully saturated rings. The van der Waals surface area contributed by atoms with Gasteiger partial charge in [-0.15, -0.1) is 0 Å². The van der Waals surface area contributed by atoms with Gasteiger partial charge >= 0.3 is 0 Å². The first-order chi connectivity index (χ1) is 4.54. The topological polar surface area (TPSA) is 32.3 Å². The second kappa shape index (κ2) is 2.51. The first-order valence-electron chi connectivity index (χ1n) is 4.00. The van der Waals surface area contributed by atoms with Crippen molar-refractivity contribution < 1.29 is 5.11 Å². The van der Waals surface area contributed by atoms with E-state index in [1.54, 1.807) is 0 Å². The summed E-state index contributed by atoms with van der Waals surface area (Å²) >= 11 is 0. The smallest absolute Gasteiger partial charge is 0.0786 e. The summed E-state index contributed by atoms with van der Waals surface area (Å²) in [6.45, 7) is 7.14. The van der Waals surface area contributed by atoms with E-state index in [0.29, 0.717) is 5.92 Å². The van der Waals surface area contributed by atoms with Gasteiger partial charge in [0, 0.05) is 6.04 Å². The fraction of sp³-hybridized carbons (Fsp3) is 1.00. The van der Waals surface area contributed by atoms with Crippen LogP contribution in [0.3, 0.4) is 0 Å². The van der Waals surface area contributed by atoms with E-state index in [2.05, 4.69) is 19.2 Å². The van der Waals surface area contributed by atoms with Gasteiger partial charge in [-0.3, -0.25) is 0 Å². The van der Waals surface area contributed by atoms with Crippen LogP contribution in [0, 0.1) is 5.92 Å². The van der Waals surface area contributed by atoms with Crippen molar-refractivity contribution in [2.45, 2.75) is 38.8 Å². The summed E-state index contributed by atoms with van der Waals surface area (Å²) in [7, 11) is 0. The lowest BCUT2D eigenvalue weighted by Gasteiger charge is -2.28. The van der Waals surface area contributed by atoms with Gasteiger partial charge in [-0.25, -0.2) is 0 Å². The number of hydrogen-bond acceptors (Lipinski definition) is 2. The quantitative estimate of drug-likeness (QED) is 0.568. The van der Waals surface area contributed by atoms with E-state index in [-0.39, 0.29) is 6.04 Å². The Kier molecular flexibility index (Phi) is 2.02. The van der Waals surface area contributed by atoms with Gasteiger partial charge < -0.3 is 10.4 Å². The molecule has 0 spiro atoms. The molecule has 0 bridgehead atoms. The zero-order chi connectivity index (χ0) is 7.78. The molecule has 1 saturated heterocycles. The Bertz CT molecular complexity index is 120. The lowest BCUT2D eigenvalue weighted by Crippen LogP contribution is -2.43. The molecule has 1 rings (SSSR count). The van der Waals surface area contributed by atoms with Crippen molar-refractivity contribution in [3.63, 3.8) is 0 Å². The molecule has 60 valence electrons. The third-order valence-electron chi connectivity index (χ3n) is 2.33. The first-order valence-corrected chi connectivity index (χ1v) is 4.00. The molecule has 10 heavy (non-hydrogen) atoms. The van der Waals surface area contributed by atoms with Crippen LogP contribution in [0.2, 0.25) is 0 Å². The predicted molar refractivity (Wildman–Crippen MR) is 41.9 cm³/mol. The fourth-order valence-electron chi connectivity index (χ4n) is 1.81. The van der Waals surface area contributed by atoms with Crippen LogP contribution in [0.15, 0.2) is 0 Å². The van der Waals surface area contributed by atoms with E-state index >= 15 is 0 Å². The van der Waals surface area contributed by atoms with Gasteiger partial charge in [-0.2, -0.15) is 0 Å². The molecule has 0 aromatic carbocycles. The predicted octanol–water partition coefficient (Wildman–Crippen LogP) is 0.755. The summed E-state index contributed by atoms with van der Waals surface area (Å²) in [6, 6.07) is 0.285. The molecule has 1 aliphatic heterocycles. The lowest BCUT2D eigenvalue weighted by molar-refractivity contribution is 0.0320. The maximum absolute atomic E-state index is 9.76. The van der Waals surface area contributed by atoms with Crippen molar-refractivity contribution in [2.24, 2.45) is 5.92 Å². The van der Waals surface area contributed by atoms with Crippen LogP contribution in [0.25, 0.3) is 0 Å². The third-order valence-corrected chi connectivity index (χ3v) is 2.33. The highest BCUT2D eigenvalue weighted by Gasteiger charge is 2.37. The summed E-state index contributed by atoms with van der Waals surface area (Å²) in [4.78, 5) is 0. The maximum Gasteiger partial charge on any atom is 0.0786 e. The van der Waals surface area contributed by atoms with Gasteiger partial charge in [0.2, 0.25) is 0 Å². The highest BCUT2D eigenvalue weighted by Crippen LogP contribution is 2.25. The van der Waals surface area contributed by atoms with Gasteiger partial charge in [-0.05, 0) is 25.8 Å². The largest absolute Gasteiger partial charge is 0.388 e. The second-order valence-corrected chi connectivity index (χ2v) is 3.78. The van der Waals surface area contributed by atoms with Crippen LogP contribution < -0.4 is 5.32 Å². The Morgan fingerprint density at radius 1 is 1.60 bits per heavy atom. The molecule has 0 aliphatic carbocycles. The van der Waals surface area contributed by atoms with Gasteiger partial charge in [0.05, 0.1) is 5.60 Å². The molecule has 1 heterocycles. The van der Waals surface area contributed by atoms with E-state index < -0.39 is 5.60 Å². The molecule has 2 N–H and O–H groups in total. The molecule has 0 amide bonds. The Hall–Kier alpha value is -0.0800. The van der Waals surface area contributed by atoms with Crippen molar-refractivity contribution in [1.82, 2.24) is 5.32 Å². The van der Waals surface area contributed by atoms with Crippen LogP contribution in [0.1, 0.15) is 27.2 Å². The van der Waals surface area contributed by atoms with E-state index in [4.69, 9.17) is 0 Å². The molecule has 2 heteroatoms. The van der Waals surface area contributed by atoms with Gasteiger partial charge in [0.1, 0.15) is 0 Å². The zero-order valence-corrected chi connectivity index (χ0v) is 7.02. The van der Waals surface area contributed by atoms with E-state index in [1.165, 1.54) is 0 Å². The molecular weight excluding hydrogens is 126 g/mol. The van der Waals surface area contributed by atoms with Crippen LogP contribution >= 0.6 is 0 Å². The zero-order valence-electron chi connectivity index (χ0n) is 7.02. The van der Waals surface area contributed by atoms with E-state index in [0.717, 1.165) is 13.0 Å². The van der Waals surface area contributed by atoms with E-state index in [9.17, 15) is 5.11 Å². The summed E-state index contributed by atoms with van der Waals surface area (Å²) in [6.07, 6.45) is 0.885. The van der Waals surface area contributed by atoms with Crippen LogP contribution in [-0.4, -0.2) is 23.3 Å². The van der Waals surface area contributed by atoms with Crippen LogP contribution in [-0.2, 0) is 0 Å². The average Bonchev–Trinajstić information content (AvgIpc) is 2.08. The molecule has 1 aliphatic rings. The van der Waals surface area contributed by atoms with Crippen molar-refractivity contribution in [3.8, 4) is 0 Å². The number of nitrogens with one attached hydrogen (secondary N) is 1. The number of hydrogen-bond donors (Lipinski definition) is 2. The number of aliphatic hydroxyl groups is 1. The monoisotopic (exact) mass is 143 g/mol. The molecule has 0 aromatic rings. The molecule has 0 aromatic heterocycles. The van der Waals surface area contributed by atoms with Gasteiger partial charge in [-0.1, -0.05) is 13.8 Å². The minimum Gasteiger partial charge on any atom is -0.388 e. The molecule has 2 atom stereocenters. The molecule has 2 nitrogen and oxygen atoms in total. The van der Waals surface area contributed by atoms with Gasteiger partial charge in [0.15, 0.2) is 0 Å². The SMILES string of the molecule is CC(C)[C@@H]1NCC[C@]1(C)O. The van der Waals surface area contributed by atoms with Crippen molar-refractivity contribution in [2.75, 3.05) is 6.54 Å². The second-order valence-electron chi connectivity index (χ2n) is 3.78. The van der Waals surface area contributed by atoms with Crippen LogP contribution in [0.5, 0.6) is 0 Å². The Balaban J connectivity index is 2.59. The molecule has 0 radical (unpaired) electrons. The van der Waals surface area contributed by atoms with Crippen LogP contribution in [0.4, 0.5) is 0 Å². The minimum absolute atomic E-state index is 0.285. The van der Waals surface area contributed by atoms with Crippen molar-refractivity contribution in [1.29, 1.82) is 0 Å². The summed E-state index contributed by atoms with van der Waals surface area (Å²) in [5, 5.41) is 13.1. The van der Waals surface area contributed by atoms with Crippen molar-refractivity contribution >= 4 is 0 Å². The van der Waals surface area contributed by atoms with Crippen molar-refractivity contribution in [3.05, 3.63) is 0 Å². The summed E-state index contributed by atoms with van der Waals surface area (Å²) in [5.74, 6) is 0.525. The Morgan fingerprint density at radius 2 is 2.20 bits per heavy atom. The summed E-state index contributed by atoms with van der Waals surface area (Å²) in [5.41, 5.74) is -0.478. The lowest BCUT2D eigenvalue weighted by atomic mass is 9.89. The Morgan fingerprint density at radius 3 is 2.40 bits per heavy atom. The first kappa shape index (κ1) is 8.02. The Labute approximate surface area is 62.6 Å². The number of rotatable bonds is 1. The molecular formula is C8H17NO. The molecule has 0 saturated carbocycles. The summed E-state index contributed by atoms with van der Waals surface area (Å²) < 4.78 is 0. The third kappa shape index (κ3) is 1.32.